The van der Waals surface area contributed by atoms with Gasteiger partial charge in [0.15, 0.2) is 0 Å². The van der Waals surface area contributed by atoms with Crippen LogP contribution in [0.4, 0.5) is 10.5 Å². The fourth-order valence-electron chi connectivity index (χ4n) is 3.68. The normalized spacial score (nSPS) is 19.1. The molecule has 0 radical (unpaired) electrons. The Labute approximate surface area is 173 Å². The Kier molecular flexibility index (Phi) is 7.28. The molecule has 5 heteroatoms. The van der Waals surface area contributed by atoms with Crippen molar-refractivity contribution in [1.29, 1.82) is 0 Å². The molecule has 0 saturated carbocycles. The topological polar surface area (TPSA) is 54.5 Å². The lowest BCUT2D eigenvalue weighted by Crippen LogP contribution is -2.42. The number of amides is 2. The van der Waals surface area contributed by atoms with Crippen molar-refractivity contribution < 1.29 is 9.53 Å². The summed E-state index contributed by atoms with van der Waals surface area (Å²) in [5, 5.41) is 2.92. The lowest BCUT2D eigenvalue weighted by atomic mass is 9.91. The van der Waals surface area contributed by atoms with E-state index >= 15 is 0 Å². The van der Waals surface area contributed by atoms with Crippen LogP contribution < -0.4 is 10.1 Å². The lowest BCUT2D eigenvalue weighted by molar-refractivity contribution is 0.198. The molecule has 0 spiro atoms. The second-order valence-corrected chi connectivity index (χ2v) is 7.78. The molecule has 2 atom stereocenters. The Morgan fingerprint density at radius 3 is 2.97 bits per heavy atom. The van der Waals surface area contributed by atoms with Crippen LogP contribution in [0.25, 0.3) is 6.08 Å². The van der Waals surface area contributed by atoms with Gasteiger partial charge in [-0.2, -0.15) is 0 Å². The molecule has 3 rings (SSSR count). The first-order valence-corrected chi connectivity index (χ1v) is 10.5. The van der Waals surface area contributed by atoms with Gasteiger partial charge in [0.1, 0.15) is 5.75 Å². The van der Waals surface area contributed by atoms with Gasteiger partial charge in [-0.3, -0.25) is 4.98 Å². The van der Waals surface area contributed by atoms with Gasteiger partial charge in [0.05, 0.1) is 18.0 Å². The molecular formula is C24H31N3O2. The highest BCUT2D eigenvalue weighted by molar-refractivity contribution is 5.89. The summed E-state index contributed by atoms with van der Waals surface area (Å²) in [6.45, 7) is 7.89. The summed E-state index contributed by atoms with van der Waals surface area (Å²) in [6.07, 6.45) is 8.88. The van der Waals surface area contributed by atoms with Gasteiger partial charge in [-0.05, 0) is 55.5 Å². The number of urea groups is 1. The number of pyridine rings is 1. The number of nitrogens with zero attached hydrogens (tertiary/aromatic N) is 2. The van der Waals surface area contributed by atoms with Gasteiger partial charge in [0, 0.05) is 19.3 Å². The number of benzene rings is 1. The average Bonchev–Trinajstić information content (AvgIpc) is 2.70. The van der Waals surface area contributed by atoms with Crippen molar-refractivity contribution >= 4 is 17.8 Å². The minimum absolute atomic E-state index is 0.0655. The highest BCUT2D eigenvalue weighted by Gasteiger charge is 2.24. The first-order valence-electron chi connectivity index (χ1n) is 10.5. The van der Waals surface area contributed by atoms with Crippen LogP contribution in [0.5, 0.6) is 5.75 Å². The average molecular weight is 394 g/mol. The standard InChI is InChI=1S/C24H31N3O2/c1-4-7-19(3)29-23-10-5-8-20(15-23)14-21-11-13-27(17-18(21)2)24(28)26-22-9-6-12-25-16-22/h5-6,8-10,12,14-16,18-19H,4,7,11,13,17H2,1-3H3,(H,26,28). The highest BCUT2D eigenvalue weighted by Crippen LogP contribution is 2.27. The number of piperidine rings is 1. The number of ether oxygens (including phenoxy) is 1. The van der Waals surface area contributed by atoms with Gasteiger partial charge in [-0.1, -0.05) is 44.1 Å². The SMILES string of the molecule is CCCC(C)Oc1cccc(C=C2CCN(C(=O)Nc3cccnc3)CC2C)c1. The first kappa shape index (κ1) is 20.9. The second-order valence-electron chi connectivity index (χ2n) is 7.78. The molecule has 1 fully saturated rings. The van der Waals surface area contributed by atoms with Crippen molar-refractivity contribution in [3.05, 3.63) is 59.9 Å². The zero-order chi connectivity index (χ0) is 20.6. The number of likely N-dealkylation sites (tertiary alicyclic amines) is 1. The maximum Gasteiger partial charge on any atom is 0.321 e. The van der Waals surface area contributed by atoms with Gasteiger partial charge in [-0.15, -0.1) is 0 Å². The zero-order valence-corrected chi connectivity index (χ0v) is 17.6. The number of hydrogen-bond donors (Lipinski definition) is 1. The molecule has 2 heterocycles. The molecule has 2 amide bonds. The number of hydrogen-bond acceptors (Lipinski definition) is 3. The van der Waals surface area contributed by atoms with Crippen LogP contribution in [0.1, 0.15) is 45.6 Å². The molecule has 0 aliphatic carbocycles. The van der Waals surface area contributed by atoms with Crippen LogP contribution in [-0.2, 0) is 0 Å². The molecule has 2 aromatic rings. The third-order valence-electron chi connectivity index (χ3n) is 5.24. The van der Waals surface area contributed by atoms with Crippen molar-refractivity contribution in [2.24, 2.45) is 5.92 Å². The molecular weight excluding hydrogens is 362 g/mol. The van der Waals surface area contributed by atoms with E-state index < -0.39 is 0 Å². The fourth-order valence-corrected chi connectivity index (χ4v) is 3.68. The van der Waals surface area contributed by atoms with E-state index in [0.717, 1.165) is 36.3 Å². The summed E-state index contributed by atoms with van der Waals surface area (Å²) in [6, 6.07) is 11.9. The van der Waals surface area contributed by atoms with Gasteiger partial charge >= 0.3 is 6.03 Å². The Hall–Kier alpha value is -2.82. The third kappa shape index (κ3) is 6.08. The Bertz CT molecular complexity index is 835. The number of carbonyl (C=O) groups is 1. The molecule has 1 aliphatic rings. The summed E-state index contributed by atoms with van der Waals surface area (Å²) < 4.78 is 6.02. The van der Waals surface area contributed by atoms with Gasteiger partial charge in [0.2, 0.25) is 0 Å². The molecule has 1 saturated heterocycles. The molecule has 1 N–H and O–H groups in total. The lowest BCUT2D eigenvalue weighted by Gasteiger charge is -2.33. The molecule has 1 aromatic carbocycles. The van der Waals surface area contributed by atoms with Crippen molar-refractivity contribution in [3.8, 4) is 5.75 Å². The summed E-state index contributed by atoms with van der Waals surface area (Å²) in [4.78, 5) is 18.4. The van der Waals surface area contributed by atoms with Gasteiger partial charge in [-0.25, -0.2) is 4.79 Å². The molecule has 0 bridgehead atoms. The molecule has 1 aromatic heterocycles. The number of aromatic nitrogens is 1. The third-order valence-corrected chi connectivity index (χ3v) is 5.24. The molecule has 29 heavy (non-hydrogen) atoms. The summed E-state index contributed by atoms with van der Waals surface area (Å²) in [5.41, 5.74) is 3.25. The van der Waals surface area contributed by atoms with E-state index in [1.165, 1.54) is 5.57 Å². The maximum atomic E-state index is 12.5. The Morgan fingerprint density at radius 1 is 1.38 bits per heavy atom. The fraction of sp³-hybridized carbons (Fsp3) is 0.417. The smallest absolute Gasteiger partial charge is 0.321 e. The van der Waals surface area contributed by atoms with Crippen molar-refractivity contribution in [1.82, 2.24) is 9.88 Å². The monoisotopic (exact) mass is 393 g/mol. The number of carbonyl (C=O) groups excluding carboxylic acids is 1. The minimum atomic E-state index is -0.0655. The van der Waals surface area contributed by atoms with Crippen LogP contribution in [-0.4, -0.2) is 35.1 Å². The van der Waals surface area contributed by atoms with E-state index in [1.54, 1.807) is 12.4 Å². The second kappa shape index (κ2) is 10.1. The van der Waals surface area contributed by atoms with E-state index in [2.05, 4.69) is 49.3 Å². The number of anilines is 1. The predicted molar refractivity (Wildman–Crippen MR) is 118 cm³/mol. The molecule has 5 nitrogen and oxygen atoms in total. The van der Waals surface area contributed by atoms with Crippen molar-refractivity contribution in [2.45, 2.75) is 46.1 Å². The van der Waals surface area contributed by atoms with Crippen LogP contribution in [0.15, 0.2) is 54.4 Å². The van der Waals surface area contributed by atoms with E-state index in [1.807, 2.05) is 29.2 Å². The zero-order valence-electron chi connectivity index (χ0n) is 17.6. The Balaban J connectivity index is 1.60. The van der Waals surface area contributed by atoms with E-state index in [0.29, 0.717) is 19.0 Å². The van der Waals surface area contributed by atoms with E-state index in [-0.39, 0.29) is 12.1 Å². The largest absolute Gasteiger partial charge is 0.491 e. The van der Waals surface area contributed by atoms with E-state index in [9.17, 15) is 4.79 Å². The first-order chi connectivity index (χ1) is 14.0. The van der Waals surface area contributed by atoms with Crippen molar-refractivity contribution in [3.63, 3.8) is 0 Å². The highest BCUT2D eigenvalue weighted by atomic mass is 16.5. The van der Waals surface area contributed by atoms with Crippen LogP contribution >= 0.6 is 0 Å². The van der Waals surface area contributed by atoms with Crippen molar-refractivity contribution in [2.75, 3.05) is 18.4 Å². The molecule has 2 unspecified atom stereocenters. The minimum Gasteiger partial charge on any atom is -0.491 e. The van der Waals surface area contributed by atoms with Gasteiger partial charge in [0.25, 0.3) is 0 Å². The summed E-state index contributed by atoms with van der Waals surface area (Å²) in [5.74, 6) is 1.23. The maximum absolute atomic E-state index is 12.5. The quantitative estimate of drug-likeness (QED) is 0.694. The molecule has 1 aliphatic heterocycles. The van der Waals surface area contributed by atoms with Gasteiger partial charge < -0.3 is 15.0 Å². The summed E-state index contributed by atoms with van der Waals surface area (Å²) >= 11 is 0. The van der Waals surface area contributed by atoms with Crippen LogP contribution in [0.2, 0.25) is 0 Å². The van der Waals surface area contributed by atoms with Crippen LogP contribution in [0, 0.1) is 5.92 Å². The van der Waals surface area contributed by atoms with E-state index in [4.69, 9.17) is 4.74 Å². The molecule has 154 valence electrons. The Morgan fingerprint density at radius 2 is 2.24 bits per heavy atom. The predicted octanol–water partition coefficient (Wildman–Crippen LogP) is 5.61. The summed E-state index contributed by atoms with van der Waals surface area (Å²) in [7, 11) is 0. The number of nitrogens with one attached hydrogen (secondary N) is 1. The number of rotatable bonds is 6. The van der Waals surface area contributed by atoms with Crippen LogP contribution in [0.3, 0.4) is 0 Å².